The Kier molecular flexibility index (Phi) is 2.57. The molecule has 1 aromatic carbocycles. The zero-order chi connectivity index (χ0) is 10.1. The summed E-state index contributed by atoms with van der Waals surface area (Å²) in [4.78, 5) is 1.38. The fourth-order valence-electron chi connectivity index (χ4n) is 1.63. The van der Waals surface area contributed by atoms with Crippen LogP contribution < -0.4 is 5.32 Å². The molecule has 0 fully saturated rings. The van der Waals surface area contributed by atoms with Gasteiger partial charge in [-0.15, -0.1) is 11.3 Å². The summed E-state index contributed by atoms with van der Waals surface area (Å²) in [6.45, 7) is 4.34. The Bertz CT molecular complexity index is 445. The molecule has 0 saturated heterocycles. The van der Waals surface area contributed by atoms with E-state index in [1.165, 1.54) is 20.5 Å². The van der Waals surface area contributed by atoms with Crippen molar-refractivity contribution in [3.8, 4) is 0 Å². The van der Waals surface area contributed by atoms with Crippen LogP contribution in [0.4, 0.5) is 0 Å². The van der Waals surface area contributed by atoms with Crippen molar-refractivity contribution in [2.75, 3.05) is 7.05 Å². The number of hydrogen-bond donors (Lipinski definition) is 1. The van der Waals surface area contributed by atoms with E-state index in [2.05, 4.69) is 43.4 Å². The van der Waals surface area contributed by atoms with E-state index in [0.717, 1.165) is 0 Å². The molecule has 2 rings (SSSR count). The van der Waals surface area contributed by atoms with Gasteiger partial charge in [0.1, 0.15) is 0 Å². The number of aryl methyl sites for hydroxylation is 1. The summed E-state index contributed by atoms with van der Waals surface area (Å²) in [5.41, 5.74) is 1.36. The zero-order valence-electron chi connectivity index (χ0n) is 8.79. The van der Waals surface area contributed by atoms with Gasteiger partial charge in [-0.05, 0) is 50.0 Å². The van der Waals surface area contributed by atoms with Crippen molar-refractivity contribution in [3.63, 3.8) is 0 Å². The zero-order valence-corrected chi connectivity index (χ0v) is 9.61. The molecular weight excluding hydrogens is 190 g/mol. The lowest BCUT2D eigenvalue weighted by molar-refractivity contribution is 0.653. The van der Waals surface area contributed by atoms with Crippen LogP contribution in [0.1, 0.15) is 23.4 Å². The second-order valence-corrected chi connectivity index (χ2v) is 4.95. The average Bonchev–Trinajstić information content (AvgIpc) is 2.55. The number of benzene rings is 1. The van der Waals surface area contributed by atoms with E-state index in [9.17, 15) is 0 Å². The molecule has 74 valence electrons. The standard InChI is InChI=1S/C12H15NS/c1-8-6-11-7-10(9(2)13-3)4-5-12(11)14-8/h4-7,9,13H,1-3H3. The van der Waals surface area contributed by atoms with Gasteiger partial charge in [-0.1, -0.05) is 6.07 Å². The van der Waals surface area contributed by atoms with Crippen molar-refractivity contribution < 1.29 is 0 Å². The molecule has 1 unspecified atom stereocenters. The van der Waals surface area contributed by atoms with E-state index in [1.54, 1.807) is 0 Å². The van der Waals surface area contributed by atoms with Crippen LogP contribution in [0.15, 0.2) is 24.3 Å². The highest BCUT2D eigenvalue weighted by atomic mass is 32.1. The molecule has 1 heterocycles. The molecule has 0 saturated carbocycles. The Morgan fingerprint density at radius 1 is 1.29 bits per heavy atom. The number of thiophene rings is 1. The maximum absolute atomic E-state index is 3.26. The van der Waals surface area contributed by atoms with Crippen molar-refractivity contribution in [1.29, 1.82) is 0 Å². The molecular formula is C12H15NS. The molecule has 0 amide bonds. The van der Waals surface area contributed by atoms with Gasteiger partial charge in [0.2, 0.25) is 0 Å². The van der Waals surface area contributed by atoms with E-state index in [1.807, 2.05) is 18.4 Å². The molecule has 1 atom stereocenters. The van der Waals surface area contributed by atoms with Crippen molar-refractivity contribution >= 4 is 21.4 Å². The van der Waals surface area contributed by atoms with Crippen LogP contribution in [0, 0.1) is 6.92 Å². The summed E-state index contributed by atoms with van der Waals surface area (Å²) in [5.74, 6) is 0. The van der Waals surface area contributed by atoms with Gasteiger partial charge in [0.25, 0.3) is 0 Å². The first-order chi connectivity index (χ1) is 6.70. The van der Waals surface area contributed by atoms with Gasteiger partial charge in [-0.3, -0.25) is 0 Å². The van der Waals surface area contributed by atoms with Crippen LogP contribution in [0.3, 0.4) is 0 Å². The predicted molar refractivity (Wildman–Crippen MR) is 64.0 cm³/mol. The van der Waals surface area contributed by atoms with Gasteiger partial charge in [0.05, 0.1) is 0 Å². The van der Waals surface area contributed by atoms with Crippen LogP contribution in [0.25, 0.3) is 10.1 Å². The third-order valence-corrected chi connectivity index (χ3v) is 3.63. The van der Waals surface area contributed by atoms with Crippen LogP contribution in [-0.4, -0.2) is 7.05 Å². The average molecular weight is 205 g/mol. The second kappa shape index (κ2) is 3.71. The molecule has 2 aromatic rings. The lowest BCUT2D eigenvalue weighted by Crippen LogP contribution is -2.11. The molecule has 0 aliphatic rings. The minimum Gasteiger partial charge on any atom is -0.313 e. The fraction of sp³-hybridized carbons (Fsp3) is 0.333. The Balaban J connectivity index is 2.50. The largest absolute Gasteiger partial charge is 0.313 e. The van der Waals surface area contributed by atoms with Crippen LogP contribution >= 0.6 is 11.3 Å². The van der Waals surface area contributed by atoms with Gasteiger partial charge in [0, 0.05) is 15.6 Å². The first-order valence-electron chi connectivity index (χ1n) is 4.88. The Morgan fingerprint density at radius 3 is 2.79 bits per heavy atom. The normalized spacial score (nSPS) is 13.4. The summed E-state index contributed by atoms with van der Waals surface area (Å²) < 4.78 is 1.38. The van der Waals surface area contributed by atoms with Crippen LogP contribution in [0.5, 0.6) is 0 Å². The summed E-state index contributed by atoms with van der Waals surface area (Å²) >= 11 is 1.86. The van der Waals surface area contributed by atoms with Crippen molar-refractivity contribution in [3.05, 3.63) is 34.7 Å². The molecule has 0 radical (unpaired) electrons. The minimum atomic E-state index is 0.430. The first kappa shape index (κ1) is 9.69. The molecule has 0 aliphatic heterocycles. The molecule has 0 bridgehead atoms. The molecule has 1 aromatic heterocycles. The topological polar surface area (TPSA) is 12.0 Å². The molecule has 0 spiro atoms. The summed E-state index contributed by atoms with van der Waals surface area (Å²) in [5, 5.41) is 4.62. The van der Waals surface area contributed by atoms with E-state index >= 15 is 0 Å². The fourth-order valence-corrected chi connectivity index (χ4v) is 2.54. The smallest absolute Gasteiger partial charge is 0.0345 e. The lowest BCUT2D eigenvalue weighted by Gasteiger charge is -2.09. The van der Waals surface area contributed by atoms with E-state index in [4.69, 9.17) is 0 Å². The van der Waals surface area contributed by atoms with E-state index in [-0.39, 0.29) is 0 Å². The number of nitrogens with one attached hydrogen (secondary N) is 1. The second-order valence-electron chi connectivity index (χ2n) is 3.66. The number of rotatable bonds is 2. The minimum absolute atomic E-state index is 0.430. The van der Waals surface area contributed by atoms with Gasteiger partial charge < -0.3 is 5.32 Å². The Morgan fingerprint density at radius 2 is 2.07 bits per heavy atom. The highest BCUT2D eigenvalue weighted by molar-refractivity contribution is 7.19. The van der Waals surface area contributed by atoms with Crippen LogP contribution in [-0.2, 0) is 0 Å². The third-order valence-electron chi connectivity index (χ3n) is 2.60. The van der Waals surface area contributed by atoms with E-state index in [0.29, 0.717) is 6.04 Å². The number of hydrogen-bond acceptors (Lipinski definition) is 2. The highest BCUT2D eigenvalue weighted by Crippen LogP contribution is 2.27. The lowest BCUT2D eigenvalue weighted by atomic mass is 10.1. The van der Waals surface area contributed by atoms with Gasteiger partial charge in [-0.2, -0.15) is 0 Å². The first-order valence-corrected chi connectivity index (χ1v) is 5.69. The summed E-state index contributed by atoms with van der Waals surface area (Å²) in [6.07, 6.45) is 0. The third kappa shape index (κ3) is 1.68. The van der Waals surface area contributed by atoms with Crippen molar-refractivity contribution in [1.82, 2.24) is 5.32 Å². The van der Waals surface area contributed by atoms with Crippen LogP contribution in [0.2, 0.25) is 0 Å². The van der Waals surface area contributed by atoms with Crippen molar-refractivity contribution in [2.24, 2.45) is 0 Å². The molecule has 0 aliphatic carbocycles. The van der Waals surface area contributed by atoms with E-state index < -0.39 is 0 Å². The monoisotopic (exact) mass is 205 g/mol. The quantitative estimate of drug-likeness (QED) is 0.791. The Labute approximate surface area is 88.8 Å². The van der Waals surface area contributed by atoms with Gasteiger partial charge in [-0.25, -0.2) is 0 Å². The molecule has 14 heavy (non-hydrogen) atoms. The maximum Gasteiger partial charge on any atom is 0.0345 e. The SMILES string of the molecule is CNC(C)c1ccc2sc(C)cc2c1. The predicted octanol–water partition coefficient (Wildman–Crippen LogP) is 3.49. The Hall–Kier alpha value is -0.860. The van der Waals surface area contributed by atoms with Crippen molar-refractivity contribution in [2.45, 2.75) is 19.9 Å². The highest BCUT2D eigenvalue weighted by Gasteiger charge is 2.04. The molecule has 2 heteroatoms. The van der Waals surface area contributed by atoms with Gasteiger partial charge in [0.15, 0.2) is 0 Å². The summed E-state index contributed by atoms with van der Waals surface area (Å²) in [7, 11) is 1.99. The summed E-state index contributed by atoms with van der Waals surface area (Å²) in [6, 6.07) is 9.39. The molecule has 1 nitrogen and oxygen atoms in total. The van der Waals surface area contributed by atoms with Gasteiger partial charge >= 0.3 is 0 Å². The molecule has 1 N–H and O–H groups in total. The maximum atomic E-state index is 3.26. The number of fused-ring (bicyclic) bond motifs is 1.